The van der Waals surface area contributed by atoms with Gasteiger partial charge in [-0.1, -0.05) is 20.3 Å². The number of amides is 1. The Morgan fingerprint density at radius 3 is 2.50 bits per heavy atom. The number of ether oxygens (including phenoxy) is 1. The highest BCUT2D eigenvalue weighted by atomic mass is 16.5. The number of carbonyl (C=O) groups is 2. The van der Waals surface area contributed by atoms with Crippen LogP contribution in [0.5, 0.6) is 0 Å². The summed E-state index contributed by atoms with van der Waals surface area (Å²) in [5.41, 5.74) is -0.931. The number of rotatable bonds is 5. The van der Waals surface area contributed by atoms with Crippen LogP contribution in [0.15, 0.2) is 0 Å². The van der Waals surface area contributed by atoms with Crippen molar-refractivity contribution < 1.29 is 14.3 Å². The first kappa shape index (κ1) is 14.5. The van der Waals surface area contributed by atoms with Crippen LogP contribution in [0.4, 0.5) is 0 Å². The zero-order chi connectivity index (χ0) is 13.8. The summed E-state index contributed by atoms with van der Waals surface area (Å²) < 4.78 is 4.92. The third-order valence-corrected chi connectivity index (χ3v) is 3.57. The quantitative estimate of drug-likeness (QED) is 0.750. The van der Waals surface area contributed by atoms with Crippen LogP contribution in [0.2, 0.25) is 0 Å². The van der Waals surface area contributed by atoms with Crippen molar-refractivity contribution >= 4 is 11.9 Å². The van der Waals surface area contributed by atoms with E-state index in [4.69, 9.17) is 10.00 Å². The van der Waals surface area contributed by atoms with Gasteiger partial charge in [-0.25, -0.2) is 0 Å². The van der Waals surface area contributed by atoms with Gasteiger partial charge < -0.3 is 10.1 Å². The molecule has 1 aliphatic rings. The highest BCUT2D eigenvalue weighted by Gasteiger charge is 2.31. The molecule has 1 saturated carbocycles. The standard InChI is InChI=1S/C13H20N2O3/c1-9(2)13(3,8-14)15-11(16)7-18-12(17)10-5-4-6-10/h9-10H,4-7H2,1-3H3,(H,15,16)/t13-/m0/s1. The van der Waals surface area contributed by atoms with Gasteiger partial charge in [0.25, 0.3) is 5.91 Å². The highest BCUT2D eigenvalue weighted by molar-refractivity contribution is 5.82. The maximum atomic E-state index is 11.6. The van der Waals surface area contributed by atoms with Crippen LogP contribution in [-0.4, -0.2) is 24.0 Å². The molecule has 1 N–H and O–H groups in total. The molecule has 5 nitrogen and oxygen atoms in total. The van der Waals surface area contributed by atoms with E-state index in [1.807, 2.05) is 13.8 Å². The van der Waals surface area contributed by atoms with Gasteiger partial charge in [0, 0.05) is 0 Å². The van der Waals surface area contributed by atoms with Crippen LogP contribution in [0.1, 0.15) is 40.0 Å². The molecule has 0 unspecified atom stereocenters. The minimum atomic E-state index is -0.931. The Bertz CT molecular complexity index is 369. The fraction of sp³-hybridized carbons (Fsp3) is 0.769. The molecule has 0 aliphatic heterocycles. The number of hydrogen-bond acceptors (Lipinski definition) is 4. The molecular weight excluding hydrogens is 232 g/mol. The Labute approximate surface area is 107 Å². The summed E-state index contributed by atoms with van der Waals surface area (Å²) in [6.07, 6.45) is 2.75. The highest BCUT2D eigenvalue weighted by Crippen LogP contribution is 2.27. The van der Waals surface area contributed by atoms with Crippen molar-refractivity contribution in [2.45, 2.75) is 45.6 Å². The number of nitrogens with one attached hydrogen (secondary N) is 1. The van der Waals surface area contributed by atoms with E-state index in [9.17, 15) is 9.59 Å². The fourth-order valence-corrected chi connectivity index (χ4v) is 1.53. The molecule has 1 aliphatic carbocycles. The van der Waals surface area contributed by atoms with E-state index in [0.29, 0.717) is 0 Å². The Morgan fingerprint density at radius 1 is 1.50 bits per heavy atom. The number of hydrogen-bond donors (Lipinski definition) is 1. The summed E-state index contributed by atoms with van der Waals surface area (Å²) >= 11 is 0. The first-order valence-corrected chi connectivity index (χ1v) is 6.28. The van der Waals surface area contributed by atoms with E-state index in [0.717, 1.165) is 19.3 Å². The largest absolute Gasteiger partial charge is 0.455 e. The molecular formula is C13H20N2O3. The topological polar surface area (TPSA) is 79.2 Å². The first-order valence-electron chi connectivity index (χ1n) is 6.28. The average Bonchev–Trinajstić information content (AvgIpc) is 2.23. The van der Waals surface area contributed by atoms with Gasteiger partial charge in [-0.3, -0.25) is 9.59 Å². The van der Waals surface area contributed by atoms with Crippen LogP contribution < -0.4 is 5.32 Å². The SMILES string of the molecule is CC(C)[C@](C)(C#N)NC(=O)COC(=O)C1CCC1. The van der Waals surface area contributed by atoms with Crippen molar-refractivity contribution in [1.82, 2.24) is 5.32 Å². The third-order valence-electron chi connectivity index (χ3n) is 3.57. The molecule has 0 saturated heterocycles. The Kier molecular flexibility index (Phi) is 4.71. The molecule has 0 radical (unpaired) electrons. The Hall–Kier alpha value is -1.57. The normalized spacial score (nSPS) is 18.4. The fourth-order valence-electron chi connectivity index (χ4n) is 1.53. The second-order valence-electron chi connectivity index (χ2n) is 5.25. The second-order valence-corrected chi connectivity index (χ2v) is 5.25. The lowest BCUT2D eigenvalue weighted by Gasteiger charge is -2.27. The van der Waals surface area contributed by atoms with Crippen molar-refractivity contribution in [3.05, 3.63) is 0 Å². The van der Waals surface area contributed by atoms with Crippen molar-refractivity contribution in [2.24, 2.45) is 11.8 Å². The van der Waals surface area contributed by atoms with Gasteiger partial charge in [0.1, 0.15) is 5.54 Å². The summed E-state index contributed by atoms with van der Waals surface area (Å²) in [5.74, 6) is -0.793. The zero-order valence-electron chi connectivity index (χ0n) is 11.2. The molecule has 0 heterocycles. The molecule has 18 heavy (non-hydrogen) atoms. The lowest BCUT2D eigenvalue weighted by molar-refractivity contribution is -0.155. The molecule has 0 aromatic carbocycles. The number of esters is 1. The summed E-state index contributed by atoms with van der Waals surface area (Å²) in [6.45, 7) is 5.05. The smallest absolute Gasteiger partial charge is 0.309 e. The van der Waals surface area contributed by atoms with Crippen molar-refractivity contribution in [3.8, 4) is 6.07 Å². The predicted octanol–water partition coefficient (Wildman–Crippen LogP) is 1.38. The van der Waals surface area contributed by atoms with Crippen molar-refractivity contribution in [1.29, 1.82) is 5.26 Å². The molecule has 1 amide bonds. The van der Waals surface area contributed by atoms with E-state index in [1.165, 1.54) is 0 Å². The maximum Gasteiger partial charge on any atom is 0.309 e. The molecule has 100 valence electrons. The monoisotopic (exact) mass is 252 g/mol. The van der Waals surface area contributed by atoms with Gasteiger partial charge in [-0.05, 0) is 25.7 Å². The molecule has 0 spiro atoms. The lowest BCUT2D eigenvalue weighted by Crippen LogP contribution is -2.50. The van der Waals surface area contributed by atoms with Gasteiger partial charge in [-0.15, -0.1) is 0 Å². The molecule has 1 rings (SSSR count). The second kappa shape index (κ2) is 5.85. The van der Waals surface area contributed by atoms with Crippen LogP contribution >= 0.6 is 0 Å². The van der Waals surface area contributed by atoms with Crippen LogP contribution in [0.3, 0.4) is 0 Å². The molecule has 0 aromatic rings. The zero-order valence-corrected chi connectivity index (χ0v) is 11.2. The molecule has 0 bridgehead atoms. The summed E-state index contributed by atoms with van der Waals surface area (Å²) in [4.78, 5) is 23.0. The van der Waals surface area contributed by atoms with Gasteiger partial charge >= 0.3 is 5.97 Å². The van der Waals surface area contributed by atoms with Gasteiger partial charge in [0.15, 0.2) is 6.61 Å². The summed E-state index contributed by atoms with van der Waals surface area (Å²) in [6, 6.07) is 2.07. The van der Waals surface area contributed by atoms with Crippen molar-refractivity contribution in [3.63, 3.8) is 0 Å². The van der Waals surface area contributed by atoms with Crippen molar-refractivity contribution in [2.75, 3.05) is 6.61 Å². The summed E-state index contributed by atoms with van der Waals surface area (Å²) in [5, 5.41) is 11.6. The average molecular weight is 252 g/mol. The van der Waals surface area contributed by atoms with E-state index in [-0.39, 0.29) is 24.4 Å². The predicted molar refractivity (Wildman–Crippen MR) is 65.3 cm³/mol. The Morgan fingerprint density at radius 2 is 2.11 bits per heavy atom. The van der Waals surface area contributed by atoms with Crippen LogP contribution in [-0.2, 0) is 14.3 Å². The molecule has 1 fully saturated rings. The minimum Gasteiger partial charge on any atom is -0.455 e. The van der Waals surface area contributed by atoms with E-state index in [1.54, 1.807) is 6.92 Å². The van der Waals surface area contributed by atoms with Crippen LogP contribution in [0, 0.1) is 23.2 Å². The molecule has 5 heteroatoms. The lowest BCUT2D eigenvalue weighted by atomic mass is 9.86. The van der Waals surface area contributed by atoms with Crippen LogP contribution in [0.25, 0.3) is 0 Å². The van der Waals surface area contributed by atoms with E-state index < -0.39 is 11.4 Å². The van der Waals surface area contributed by atoms with Gasteiger partial charge in [0.2, 0.25) is 0 Å². The summed E-state index contributed by atoms with van der Waals surface area (Å²) in [7, 11) is 0. The van der Waals surface area contributed by atoms with Gasteiger partial charge in [-0.2, -0.15) is 5.26 Å². The van der Waals surface area contributed by atoms with E-state index in [2.05, 4.69) is 11.4 Å². The maximum absolute atomic E-state index is 11.6. The number of nitrogens with zero attached hydrogens (tertiary/aromatic N) is 1. The Balaban J connectivity index is 2.37. The molecule has 1 atom stereocenters. The third kappa shape index (κ3) is 3.46. The first-order chi connectivity index (χ1) is 8.39. The minimum absolute atomic E-state index is 0.0196. The van der Waals surface area contributed by atoms with Gasteiger partial charge in [0.05, 0.1) is 12.0 Å². The van der Waals surface area contributed by atoms with E-state index >= 15 is 0 Å². The number of carbonyl (C=O) groups excluding carboxylic acids is 2. The number of nitriles is 1. The molecule has 0 aromatic heterocycles.